The summed E-state index contributed by atoms with van der Waals surface area (Å²) < 4.78 is 84.0. The molecule has 0 aromatic carbocycles. The molecule has 1 aromatic rings. The number of hydrogen-bond donors (Lipinski definition) is 1. The average Bonchev–Trinajstić information content (AvgIpc) is 2.84. The third-order valence-corrected chi connectivity index (χ3v) is 6.47. The van der Waals surface area contributed by atoms with E-state index in [0.717, 1.165) is 12.3 Å². The molecule has 0 bridgehead atoms. The number of carbonyl (C=O) groups is 3. The largest absolute Gasteiger partial charge is 0.417 e. The number of fused-ring (bicyclic) bond motifs is 3. The zero-order valence-electron chi connectivity index (χ0n) is 20.6. The number of hydrogen-bond acceptors (Lipinski definition) is 8. The second kappa shape index (κ2) is 10.9. The van der Waals surface area contributed by atoms with E-state index in [-0.39, 0.29) is 63.0 Å². The summed E-state index contributed by atoms with van der Waals surface area (Å²) in [6, 6.07) is -0.375. The Labute approximate surface area is 218 Å². The van der Waals surface area contributed by atoms with Gasteiger partial charge in [-0.15, -0.1) is 0 Å². The van der Waals surface area contributed by atoms with Crippen molar-refractivity contribution in [1.82, 2.24) is 15.3 Å². The number of nitrogens with zero attached hydrogens (tertiary/aromatic N) is 5. The molecule has 2 amide bonds. The number of pyridine rings is 1. The quantitative estimate of drug-likeness (QED) is 0.420. The molecule has 4 rings (SSSR count). The molecule has 0 spiro atoms. The molecule has 0 saturated carbocycles. The van der Waals surface area contributed by atoms with Gasteiger partial charge in [0.2, 0.25) is 5.91 Å². The van der Waals surface area contributed by atoms with Crippen LogP contribution in [-0.4, -0.2) is 90.5 Å². The van der Waals surface area contributed by atoms with E-state index in [4.69, 9.17) is 4.74 Å². The summed E-state index contributed by atoms with van der Waals surface area (Å²) in [5.41, 5.74) is 0.133. The van der Waals surface area contributed by atoms with Crippen LogP contribution in [0.1, 0.15) is 35.7 Å². The Morgan fingerprint density at radius 1 is 1.23 bits per heavy atom. The summed E-state index contributed by atoms with van der Waals surface area (Å²) in [7, 11) is 0. The van der Waals surface area contributed by atoms with Crippen molar-refractivity contribution < 1.29 is 45.5 Å². The van der Waals surface area contributed by atoms with Gasteiger partial charge in [-0.1, -0.05) is 0 Å². The van der Waals surface area contributed by atoms with Gasteiger partial charge < -0.3 is 14.5 Å². The molecular weight excluding hydrogens is 538 g/mol. The number of anilines is 1. The van der Waals surface area contributed by atoms with Gasteiger partial charge in [0.15, 0.2) is 11.7 Å². The van der Waals surface area contributed by atoms with E-state index in [1.54, 1.807) is 10.3 Å². The van der Waals surface area contributed by atoms with Gasteiger partial charge in [0.05, 0.1) is 54.8 Å². The van der Waals surface area contributed by atoms with E-state index in [2.05, 4.69) is 15.1 Å². The van der Waals surface area contributed by atoms with Crippen LogP contribution in [0.15, 0.2) is 22.4 Å². The summed E-state index contributed by atoms with van der Waals surface area (Å²) in [5, 5.41) is 3.37. The van der Waals surface area contributed by atoms with E-state index in [1.165, 1.54) is 11.8 Å². The Morgan fingerprint density at radius 2 is 1.97 bits per heavy atom. The molecule has 3 aliphatic rings. The summed E-state index contributed by atoms with van der Waals surface area (Å²) in [6.45, 7) is 2.06. The molecule has 3 atom stereocenters. The standard InChI is InChI=1S/C23H24F6N6O4/c1-12(32-16-9-31-33-21(38)19(16)23(27,28)29)11-39-5-2-18(37)34-3-4-35-14(10-34)7-17(36)15-6-13(22(24,25)26)8-30-20(15)35/h6,8-9,12,14,19H,2-5,7,10-11H2,1H3,(H,33,38)/t12-,14-,19?/m0/s1. The Hall–Kier alpha value is -3.56. The summed E-state index contributed by atoms with van der Waals surface area (Å²) >= 11 is 0. The number of ether oxygens (including phenoxy) is 1. The van der Waals surface area contributed by atoms with Gasteiger partial charge in [-0.05, 0) is 13.0 Å². The molecule has 10 nitrogen and oxygen atoms in total. The topological polar surface area (TPSA) is 117 Å². The number of Topliss-reactive ketones (excluding diaryl/α,β-unsaturated/α-hetero) is 1. The van der Waals surface area contributed by atoms with Crippen LogP contribution in [0.25, 0.3) is 0 Å². The first-order chi connectivity index (χ1) is 18.3. The highest BCUT2D eigenvalue weighted by Crippen LogP contribution is 2.36. The molecule has 1 aromatic heterocycles. The van der Waals surface area contributed by atoms with Crippen LogP contribution in [0.4, 0.5) is 32.2 Å². The molecule has 212 valence electrons. The number of amides is 2. The number of aromatic nitrogens is 1. The minimum atomic E-state index is -4.83. The fraction of sp³-hybridized carbons (Fsp3) is 0.565. The van der Waals surface area contributed by atoms with Gasteiger partial charge >= 0.3 is 12.4 Å². The van der Waals surface area contributed by atoms with E-state index in [0.29, 0.717) is 6.20 Å². The molecule has 1 unspecified atom stereocenters. The van der Waals surface area contributed by atoms with Crippen molar-refractivity contribution >= 4 is 35.3 Å². The van der Waals surface area contributed by atoms with Crippen molar-refractivity contribution in [3.8, 4) is 0 Å². The second-order valence-corrected chi connectivity index (χ2v) is 9.34. The number of ketones is 1. The molecule has 3 aliphatic heterocycles. The Morgan fingerprint density at radius 3 is 2.67 bits per heavy atom. The molecule has 1 N–H and O–H groups in total. The van der Waals surface area contributed by atoms with Crippen LogP contribution in [0.3, 0.4) is 0 Å². The zero-order chi connectivity index (χ0) is 28.5. The van der Waals surface area contributed by atoms with Crippen LogP contribution in [-0.2, 0) is 20.5 Å². The number of alkyl halides is 6. The molecule has 16 heteroatoms. The first-order valence-electron chi connectivity index (χ1n) is 12.0. The highest BCUT2D eigenvalue weighted by molar-refractivity contribution is 6.37. The fourth-order valence-electron chi connectivity index (χ4n) is 4.63. The molecule has 1 fully saturated rings. The first kappa shape index (κ1) is 28.4. The number of piperazine rings is 1. The van der Waals surface area contributed by atoms with E-state index in [1.807, 2.05) is 0 Å². The fourth-order valence-corrected chi connectivity index (χ4v) is 4.63. The maximum Gasteiger partial charge on any atom is 0.417 e. The van der Waals surface area contributed by atoms with Crippen LogP contribution in [0.2, 0.25) is 0 Å². The predicted octanol–water partition coefficient (Wildman–Crippen LogP) is 2.23. The Balaban J connectivity index is 1.28. The molecule has 0 aliphatic carbocycles. The molecular formula is C23H24F6N6O4. The van der Waals surface area contributed by atoms with Crippen LogP contribution >= 0.6 is 0 Å². The van der Waals surface area contributed by atoms with Gasteiger partial charge in [0, 0.05) is 32.3 Å². The predicted molar refractivity (Wildman–Crippen MR) is 124 cm³/mol. The van der Waals surface area contributed by atoms with Gasteiger partial charge in [0.1, 0.15) is 5.82 Å². The number of hydrazone groups is 1. The first-order valence-corrected chi connectivity index (χ1v) is 12.0. The van der Waals surface area contributed by atoms with Crippen molar-refractivity contribution in [2.24, 2.45) is 16.0 Å². The lowest BCUT2D eigenvalue weighted by Gasteiger charge is -2.44. The van der Waals surface area contributed by atoms with E-state index < -0.39 is 53.3 Å². The van der Waals surface area contributed by atoms with Gasteiger partial charge in [-0.25, -0.2) is 10.4 Å². The lowest BCUT2D eigenvalue weighted by molar-refractivity contribution is -0.168. The van der Waals surface area contributed by atoms with E-state index in [9.17, 15) is 40.7 Å². The van der Waals surface area contributed by atoms with Crippen molar-refractivity contribution in [1.29, 1.82) is 0 Å². The lowest BCUT2D eigenvalue weighted by Crippen LogP contribution is -2.57. The summed E-state index contributed by atoms with van der Waals surface area (Å²) in [4.78, 5) is 47.9. The maximum atomic E-state index is 13.2. The molecule has 0 radical (unpaired) electrons. The number of aliphatic imine (C=N–C) groups is 1. The normalized spacial score (nSPS) is 23.4. The smallest absolute Gasteiger partial charge is 0.379 e. The number of carbonyl (C=O) groups excluding carboxylic acids is 3. The highest BCUT2D eigenvalue weighted by atomic mass is 19.4. The van der Waals surface area contributed by atoms with E-state index >= 15 is 0 Å². The minimum absolute atomic E-state index is 0.0389. The van der Waals surface area contributed by atoms with Crippen molar-refractivity contribution in [3.05, 3.63) is 23.4 Å². The second-order valence-electron chi connectivity index (χ2n) is 9.34. The highest BCUT2D eigenvalue weighted by Gasteiger charge is 2.49. The lowest BCUT2D eigenvalue weighted by atomic mass is 9.94. The van der Waals surface area contributed by atoms with Crippen molar-refractivity contribution in [3.63, 3.8) is 0 Å². The van der Waals surface area contributed by atoms with Crippen molar-refractivity contribution in [2.45, 2.75) is 44.2 Å². The Kier molecular flexibility index (Phi) is 7.95. The zero-order valence-corrected chi connectivity index (χ0v) is 20.6. The molecule has 1 saturated heterocycles. The minimum Gasteiger partial charge on any atom is -0.379 e. The Bertz CT molecular complexity index is 1200. The third kappa shape index (κ3) is 6.37. The SMILES string of the molecule is C[C@@H](COCCC(=O)N1CCN2c3ncc(C(F)(F)F)cc3C(=O)C[C@H]2C1)N=C1C=NNC(=O)C1C(F)(F)F. The monoisotopic (exact) mass is 562 g/mol. The van der Waals surface area contributed by atoms with Gasteiger partial charge in [-0.3, -0.25) is 19.4 Å². The average molecular weight is 562 g/mol. The third-order valence-electron chi connectivity index (χ3n) is 6.47. The van der Waals surface area contributed by atoms with Crippen LogP contribution < -0.4 is 10.3 Å². The van der Waals surface area contributed by atoms with Gasteiger partial charge in [-0.2, -0.15) is 31.4 Å². The van der Waals surface area contributed by atoms with Crippen molar-refractivity contribution in [2.75, 3.05) is 37.7 Å². The number of nitrogens with one attached hydrogen (secondary N) is 1. The summed E-state index contributed by atoms with van der Waals surface area (Å²) in [5.74, 6) is -4.35. The van der Waals surface area contributed by atoms with Crippen LogP contribution in [0, 0.1) is 5.92 Å². The number of halogens is 6. The maximum absolute atomic E-state index is 13.2. The van der Waals surface area contributed by atoms with Gasteiger partial charge in [0.25, 0.3) is 5.91 Å². The van der Waals surface area contributed by atoms with Crippen LogP contribution in [0.5, 0.6) is 0 Å². The molecule has 4 heterocycles. The molecule has 39 heavy (non-hydrogen) atoms. The number of rotatable bonds is 6. The summed E-state index contributed by atoms with van der Waals surface area (Å²) in [6.07, 6.45) is -8.04.